The van der Waals surface area contributed by atoms with Gasteiger partial charge in [0.2, 0.25) is 5.91 Å². The molecule has 0 aromatic heterocycles. The van der Waals surface area contributed by atoms with Gasteiger partial charge in [-0.15, -0.1) is 0 Å². The molecular formula is C13H16N2O6. The summed E-state index contributed by atoms with van der Waals surface area (Å²) in [6.07, 6.45) is -0.0390. The number of hydrogen-bond donors (Lipinski definition) is 2. The fourth-order valence-electron chi connectivity index (χ4n) is 3.25. The van der Waals surface area contributed by atoms with Crippen LogP contribution in [0.25, 0.3) is 0 Å². The van der Waals surface area contributed by atoms with Crippen LogP contribution in [-0.2, 0) is 14.3 Å². The molecule has 0 aromatic carbocycles. The van der Waals surface area contributed by atoms with E-state index in [2.05, 4.69) is 0 Å². The molecule has 1 spiro atoms. The molecule has 2 N–H and O–H groups in total. The summed E-state index contributed by atoms with van der Waals surface area (Å²) in [7, 11) is 0. The van der Waals surface area contributed by atoms with Gasteiger partial charge in [-0.3, -0.25) is 4.79 Å². The van der Waals surface area contributed by atoms with Crippen molar-refractivity contribution in [2.75, 3.05) is 26.2 Å². The monoisotopic (exact) mass is 296 g/mol. The smallest absolute Gasteiger partial charge is 0.407 e. The van der Waals surface area contributed by atoms with E-state index in [9.17, 15) is 19.5 Å². The molecule has 3 rings (SSSR count). The number of rotatable bonds is 1. The summed E-state index contributed by atoms with van der Waals surface area (Å²) in [5.74, 6) is -0.737. The minimum Gasteiger partial charge on any atom is -0.465 e. The van der Waals surface area contributed by atoms with Crippen LogP contribution in [-0.4, -0.2) is 70.3 Å². The third-order valence-corrected chi connectivity index (χ3v) is 4.58. The molecule has 21 heavy (non-hydrogen) atoms. The normalized spacial score (nSPS) is 28.0. The second kappa shape index (κ2) is 4.73. The van der Waals surface area contributed by atoms with E-state index in [4.69, 9.17) is 9.84 Å². The van der Waals surface area contributed by atoms with Gasteiger partial charge < -0.3 is 24.7 Å². The second-order valence-corrected chi connectivity index (χ2v) is 5.60. The maximum Gasteiger partial charge on any atom is 0.407 e. The number of β-amino-alcohol motifs (C(OH)–C–C–N with tert-alkyl or cyclic N) is 1. The number of hydrogen-bond acceptors (Lipinski definition) is 5. The molecular weight excluding hydrogens is 280 g/mol. The lowest BCUT2D eigenvalue weighted by Gasteiger charge is -2.38. The topological polar surface area (TPSA) is 107 Å². The Morgan fingerprint density at radius 2 is 2.00 bits per heavy atom. The Kier molecular flexibility index (Phi) is 3.12. The van der Waals surface area contributed by atoms with Gasteiger partial charge in [-0.05, 0) is 12.8 Å². The van der Waals surface area contributed by atoms with Crippen molar-refractivity contribution < 1.29 is 29.3 Å². The lowest BCUT2D eigenvalue weighted by atomic mass is 9.75. The third-order valence-electron chi connectivity index (χ3n) is 4.58. The molecule has 8 nitrogen and oxygen atoms in total. The van der Waals surface area contributed by atoms with Crippen molar-refractivity contribution in [2.24, 2.45) is 5.41 Å². The number of carbonyl (C=O) groups excluding carboxylic acids is 2. The van der Waals surface area contributed by atoms with E-state index < -0.39 is 23.6 Å². The summed E-state index contributed by atoms with van der Waals surface area (Å²) in [4.78, 5) is 37.3. The molecule has 0 saturated carbocycles. The van der Waals surface area contributed by atoms with Crippen LogP contribution in [0.4, 0.5) is 4.79 Å². The van der Waals surface area contributed by atoms with Gasteiger partial charge in [-0.1, -0.05) is 0 Å². The van der Waals surface area contributed by atoms with E-state index in [1.165, 1.54) is 15.9 Å². The molecule has 0 aromatic rings. The Balaban J connectivity index is 1.78. The van der Waals surface area contributed by atoms with Gasteiger partial charge in [-0.25, -0.2) is 9.59 Å². The first-order valence-electron chi connectivity index (χ1n) is 6.79. The number of aliphatic hydroxyl groups is 1. The number of cyclic esters (lactones) is 1. The van der Waals surface area contributed by atoms with Crippen LogP contribution < -0.4 is 0 Å². The van der Waals surface area contributed by atoms with Gasteiger partial charge in [-0.2, -0.15) is 0 Å². The molecule has 114 valence electrons. The number of carbonyl (C=O) groups is 3. The summed E-state index contributed by atoms with van der Waals surface area (Å²) in [5, 5.41) is 19.3. The zero-order chi connectivity index (χ0) is 15.2. The van der Waals surface area contributed by atoms with Gasteiger partial charge in [0.05, 0.1) is 23.8 Å². The first-order valence-corrected chi connectivity index (χ1v) is 6.79. The van der Waals surface area contributed by atoms with Crippen LogP contribution in [0.5, 0.6) is 0 Å². The summed E-state index contributed by atoms with van der Waals surface area (Å²) in [6, 6.07) is 0. The molecule has 2 amide bonds. The highest BCUT2D eigenvalue weighted by atomic mass is 16.5. The predicted octanol–water partition coefficient (Wildman–Crippen LogP) is -0.610. The molecule has 3 heterocycles. The predicted molar refractivity (Wildman–Crippen MR) is 68.0 cm³/mol. The van der Waals surface area contributed by atoms with Crippen molar-refractivity contribution in [3.05, 3.63) is 11.8 Å². The average molecular weight is 296 g/mol. The maximum atomic E-state index is 12.7. The van der Waals surface area contributed by atoms with E-state index in [0.29, 0.717) is 5.70 Å². The van der Waals surface area contributed by atoms with Crippen LogP contribution in [0.1, 0.15) is 12.8 Å². The molecule has 2 saturated heterocycles. The van der Waals surface area contributed by atoms with E-state index in [1.54, 1.807) is 0 Å². The van der Waals surface area contributed by atoms with Crippen LogP contribution in [0.2, 0.25) is 0 Å². The van der Waals surface area contributed by atoms with Crippen LogP contribution in [0.3, 0.4) is 0 Å². The second-order valence-electron chi connectivity index (χ2n) is 5.60. The Morgan fingerprint density at radius 3 is 2.52 bits per heavy atom. The Hall–Kier alpha value is -2.09. The number of likely N-dealkylation sites (tertiary alicyclic amines) is 2. The highest BCUT2D eigenvalue weighted by Crippen LogP contribution is 2.43. The van der Waals surface area contributed by atoms with Crippen molar-refractivity contribution in [3.8, 4) is 0 Å². The molecule has 0 bridgehead atoms. The van der Waals surface area contributed by atoms with Crippen molar-refractivity contribution >= 4 is 18.0 Å². The molecule has 2 fully saturated rings. The largest absolute Gasteiger partial charge is 0.465 e. The van der Waals surface area contributed by atoms with Crippen molar-refractivity contribution in [3.63, 3.8) is 0 Å². The quantitative estimate of drug-likeness (QED) is 0.625. The average Bonchev–Trinajstić information content (AvgIpc) is 2.98. The molecule has 0 radical (unpaired) electrons. The SMILES string of the molecule is O=C1C=C(N2CC(O)C3(CCN(C(=O)O)CC3)C2=O)CO1. The van der Waals surface area contributed by atoms with Crippen molar-refractivity contribution in [2.45, 2.75) is 18.9 Å². The fraction of sp³-hybridized carbons (Fsp3) is 0.615. The lowest BCUT2D eigenvalue weighted by Crippen LogP contribution is -2.49. The molecule has 8 heteroatoms. The van der Waals surface area contributed by atoms with Crippen LogP contribution in [0.15, 0.2) is 11.8 Å². The molecule has 0 aliphatic carbocycles. The number of carboxylic acid groups (broad SMARTS) is 1. The highest BCUT2D eigenvalue weighted by molar-refractivity contribution is 5.91. The zero-order valence-corrected chi connectivity index (χ0v) is 11.3. The van der Waals surface area contributed by atoms with E-state index in [-0.39, 0.29) is 45.0 Å². The summed E-state index contributed by atoms with van der Waals surface area (Å²) in [5.41, 5.74) is -0.486. The standard InChI is InChI=1S/C13H16N2O6/c16-9-6-15(8-5-10(17)21-7-8)11(18)13(9)1-3-14(4-2-13)12(19)20/h5,9,16H,1-4,6-7H2,(H,19,20). The summed E-state index contributed by atoms with van der Waals surface area (Å²) in [6.45, 7) is 0.601. The van der Waals surface area contributed by atoms with E-state index >= 15 is 0 Å². The minimum atomic E-state index is -1.01. The Bertz CT molecular complexity index is 535. The first kappa shape index (κ1) is 13.9. The highest BCUT2D eigenvalue weighted by Gasteiger charge is 2.55. The first-order chi connectivity index (χ1) is 9.94. The van der Waals surface area contributed by atoms with Crippen molar-refractivity contribution in [1.29, 1.82) is 0 Å². The zero-order valence-electron chi connectivity index (χ0n) is 11.3. The molecule has 3 aliphatic heterocycles. The van der Waals surface area contributed by atoms with Gasteiger partial charge in [0.1, 0.15) is 6.61 Å². The summed E-state index contributed by atoms with van der Waals surface area (Å²) >= 11 is 0. The maximum absolute atomic E-state index is 12.7. The van der Waals surface area contributed by atoms with E-state index in [1.807, 2.05) is 0 Å². The van der Waals surface area contributed by atoms with Crippen molar-refractivity contribution in [1.82, 2.24) is 9.80 Å². The number of esters is 1. The Morgan fingerprint density at radius 1 is 1.33 bits per heavy atom. The van der Waals surface area contributed by atoms with Crippen LogP contribution in [0, 0.1) is 5.41 Å². The van der Waals surface area contributed by atoms with E-state index in [0.717, 1.165) is 0 Å². The number of piperidine rings is 1. The van der Waals surface area contributed by atoms with Gasteiger partial charge >= 0.3 is 12.1 Å². The molecule has 1 atom stereocenters. The Labute approximate surface area is 120 Å². The number of nitrogens with zero attached hydrogens (tertiary/aromatic N) is 2. The molecule has 3 aliphatic rings. The van der Waals surface area contributed by atoms with Gasteiger partial charge in [0, 0.05) is 19.2 Å². The number of ether oxygens (including phenoxy) is 1. The number of aliphatic hydroxyl groups excluding tert-OH is 1. The lowest BCUT2D eigenvalue weighted by molar-refractivity contribution is -0.140. The van der Waals surface area contributed by atoms with Gasteiger partial charge in [0.15, 0.2) is 0 Å². The number of amides is 2. The third kappa shape index (κ3) is 2.06. The fourth-order valence-corrected chi connectivity index (χ4v) is 3.25. The van der Waals surface area contributed by atoms with Gasteiger partial charge in [0.25, 0.3) is 0 Å². The minimum absolute atomic E-state index is 0.0363. The van der Waals surface area contributed by atoms with Crippen LogP contribution >= 0.6 is 0 Å². The molecule has 1 unspecified atom stereocenters. The summed E-state index contributed by atoms with van der Waals surface area (Å²) < 4.78 is 4.79.